The molecular formula is C8H16O. The van der Waals surface area contributed by atoms with Crippen molar-refractivity contribution in [1.82, 2.24) is 0 Å². The Balaban J connectivity index is 3.25. The summed E-state index contributed by atoms with van der Waals surface area (Å²) in [4.78, 5) is 0. The monoisotopic (exact) mass is 128 g/mol. The number of hydrogen-bond donors (Lipinski definition) is 1. The molecule has 0 rings (SSSR count). The van der Waals surface area contributed by atoms with Crippen LogP contribution in [-0.4, -0.2) is 11.7 Å². The number of rotatable bonds is 4. The molecule has 1 heteroatoms. The molecule has 0 atom stereocenters. The van der Waals surface area contributed by atoms with Crippen LogP contribution in [0.25, 0.3) is 0 Å². The van der Waals surface area contributed by atoms with E-state index in [1.54, 1.807) is 0 Å². The Kier molecular flexibility index (Phi) is 5.64. The molecule has 0 spiro atoms. The molecule has 1 N–H and O–H groups in total. The number of aliphatic hydroxyl groups excluding tert-OH is 1. The lowest BCUT2D eigenvalue weighted by Crippen LogP contribution is -1.83. The quantitative estimate of drug-likeness (QED) is 0.575. The van der Waals surface area contributed by atoms with Gasteiger partial charge in [-0.3, -0.25) is 0 Å². The van der Waals surface area contributed by atoms with Crippen LogP contribution in [-0.2, 0) is 0 Å². The van der Waals surface area contributed by atoms with Gasteiger partial charge < -0.3 is 5.11 Å². The lowest BCUT2D eigenvalue weighted by atomic mass is 10.1. The minimum Gasteiger partial charge on any atom is -0.396 e. The summed E-state index contributed by atoms with van der Waals surface area (Å²) in [5.74, 6) is 0. The zero-order valence-corrected chi connectivity index (χ0v) is 6.35. The van der Waals surface area contributed by atoms with Gasteiger partial charge >= 0.3 is 0 Å². The first-order valence-electron chi connectivity index (χ1n) is 3.57. The summed E-state index contributed by atoms with van der Waals surface area (Å²) in [6.45, 7) is 4.55. The zero-order chi connectivity index (χ0) is 7.11. The van der Waals surface area contributed by atoms with E-state index in [4.69, 9.17) is 5.11 Å². The Morgan fingerprint density at radius 2 is 2.22 bits per heavy atom. The third kappa shape index (κ3) is 5.57. The highest BCUT2D eigenvalue weighted by molar-refractivity contribution is 4.96. The molecule has 0 bridgehead atoms. The molecule has 1 nitrogen and oxygen atoms in total. The first kappa shape index (κ1) is 8.70. The van der Waals surface area contributed by atoms with E-state index >= 15 is 0 Å². The maximum atomic E-state index is 8.46. The molecule has 0 aromatic carbocycles. The first-order valence-corrected chi connectivity index (χ1v) is 3.57. The van der Waals surface area contributed by atoms with Crippen molar-refractivity contribution < 1.29 is 5.11 Å². The van der Waals surface area contributed by atoms with Gasteiger partial charge in [0.25, 0.3) is 0 Å². The summed E-state index contributed by atoms with van der Waals surface area (Å²) in [6, 6.07) is 0. The zero-order valence-electron chi connectivity index (χ0n) is 6.35. The minimum absolute atomic E-state index is 0.314. The van der Waals surface area contributed by atoms with Gasteiger partial charge in [-0.05, 0) is 26.2 Å². The fraction of sp³-hybridized carbons (Fsp3) is 0.750. The molecule has 0 aliphatic rings. The van der Waals surface area contributed by atoms with Crippen molar-refractivity contribution in [3.05, 3.63) is 11.6 Å². The predicted molar refractivity (Wildman–Crippen MR) is 40.4 cm³/mol. The standard InChI is InChI=1S/C8H16O/c1-3-5-8(2)6-4-7-9/h5,9H,3-4,6-7H2,1-2H3/b8-5-. The second-order valence-corrected chi connectivity index (χ2v) is 2.29. The van der Waals surface area contributed by atoms with E-state index in [1.165, 1.54) is 5.57 Å². The van der Waals surface area contributed by atoms with Gasteiger partial charge in [0, 0.05) is 6.61 Å². The molecule has 0 radical (unpaired) electrons. The van der Waals surface area contributed by atoms with Crippen LogP contribution in [0.5, 0.6) is 0 Å². The molecule has 0 aromatic rings. The topological polar surface area (TPSA) is 20.2 Å². The average Bonchev–Trinajstić information content (AvgIpc) is 1.85. The number of hydrogen-bond acceptors (Lipinski definition) is 1. The molecule has 0 aliphatic heterocycles. The van der Waals surface area contributed by atoms with Gasteiger partial charge in [0.15, 0.2) is 0 Å². The van der Waals surface area contributed by atoms with E-state index in [0.29, 0.717) is 6.61 Å². The Labute approximate surface area is 57.4 Å². The highest BCUT2D eigenvalue weighted by Crippen LogP contribution is 2.03. The maximum absolute atomic E-state index is 8.46. The molecule has 0 unspecified atom stereocenters. The molecule has 0 saturated heterocycles. The molecule has 0 saturated carbocycles. The van der Waals surface area contributed by atoms with Crippen LogP contribution in [0, 0.1) is 0 Å². The SMILES string of the molecule is CC/C=C(/C)CCCO. The van der Waals surface area contributed by atoms with E-state index in [0.717, 1.165) is 19.3 Å². The molecule has 54 valence electrons. The highest BCUT2D eigenvalue weighted by Gasteiger charge is 1.86. The van der Waals surface area contributed by atoms with E-state index in [-0.39, 0.29) is 0 Å². The lowest BCUT2D eigenvalue weighted by Gasteiger charge is -1.95. The van der Waals surface area contributed by atoms with Gasteiger partial charge in [0.2, 0.25) is 0 Å². The minimum atomic E-state index is 0.314. The summed E-state index contributed by atoms with van der Waals surface area (Å²) in [5.41, 5.74) is 1.39. The van der Waals surface area contributed by atoms with Crippen molar-refractivity contribution in [3.8, 4) is 0 Å². The number of allylic oxidation sites excluding steroid dienone is 2. The van der Waals surface area contributed by atoms with Gasteiger partial charge in [0.05, 0.1) is 0 Å². The van der Waals surface area contributed by atoms with E-state index in [9.17, 15) is 0 Å². The van der Waals surface area contributed by atoms with Crippen molar-refractivity contribution in [2.75, 3.05) is 6.61 Å². The van der Waals surface area contributed by atoms with E-state index in [2.05, 4.69) is 19.9 Å². The highest BCUT2D eigenvalue weighted by atomic mass is 16.2. The number of aliphatic hydroxyl groups is 1. The fourth-order valence-corrected chi connectivity index (χ4v) is 0.808. The van der Waals surface area contributed by atoms with Gasteiger partial charge in [-0.15, -0.1) is 0 Å². The molecule has 0 heterocycles. The van der Waals surface area contributed by atoms with Crippen molar-refractivity contribution >= 4 is 0 Å². The van der Waals surface area contributed by atoms with Crippen LogP contribution >= 0.6 is 0 Å². The Hall–Kier alpha value is -0.300. The van der Waals surface area contributed by atoms with E-state index < -0.39 is 0 Å². The normalized spacial score (nSPS) is 12.1. The Bertz CT molecular complexity index is 84.6. The van der Waals surface area contributed by atoms with Gasteiger partial charge in [0.1, 0.15) is 0 Å². The fourth-order valence-electron chi connectivity index (χ4n) is 0.808. The van der Waals surface area contributed by atoms with Crippen molar-refractivity contribution in [3.63, 3.8) is 0 Å². The summed E-state index contributed by atoms with van der Waals surface area (Å²) in [6.07, 6.45) is 5.26. The second kappa shape index (κ2) is 5.83. The smallest absolute Gasteiger partial charge is 0.0434 e. The van der Waals surface area contributed by atoms with Crippen molar-refractivity contribution in [2.45, 2.75) is 33.1 Å². The molecule has 0 aromatic heterocycles. The third-order valence-corrected chi connectivity index (χ3v) is 1.28. The third-order valence-electron chi connectivity index (χ3n) is 1.28. The van der Waals surface area contributed by atoms with E-state index in [1.807, 2.05) is 0 Å². The Morgan fingerprint density at radius 1 is 1.56 bits per heavy atom. The lowest BCUT2D eigenvalue weighted by molar-refractivity contribution is 0.288. The van der Waals surface area contributed by atoms with Gasteiger partial charge in [-0.1, -0.05) is 18.6 Å². The van der Waals surface area contributed by atoms with Crippen LogP contribution in [0.2, 0.25) is 0 Å². The van der Waals surface area contributed by atoms with Crippen LogP contribution in [0.3, 0.4) is 0 Å². The largest absolute Gasteiger partial charge is 0.396 e. The second-order valence-electron chi connectivity index (χ2n) is 2.29. The summed E-state index contributed by atoms with van der Waals surface area (Å²) in [5, 5.41) is 8.46. The van der Waals surface area contributed by atoms with Crippen molar-refractivity contribution in [2.24, 2.45) is 0 Å². The van der Waals surface area contributed by atoms with Crippen molar-refractivity contribution in [1.29, 1.82) is 0 Å². The maximum Gasteiger partial charge on any atom is 0.0434 e. The Morgan fingerprint density at radius 3 is 2.67 bits per heavy atom. The van der Waals surface area contributed by atoms with Crippen LogP contribution < -0.4 is 0 Å². The summed E-state index contributed by atoms with van der Waals surface area (Å²) < 4.78 is 0. The molecule has 0 aliphatic carbocycles. The molecule has 0 fully saturated rings. The van der Waals surface area contributed by atoms with Crippen LogP contribution in [0.4, 0.5) is 0 Å². The predicted octanol–water partition coefficient (Wildman–Crippen LogP) is 2.12. The van der Waals surface area contributed by atoms with Crippen LogP contribution in [0.15, 0.2) is 11.6 Å². The summed E-state index contributed by atoms with van der Waals surface area (Å²) in [7, 11) is 0. The molecular weight excluding hydrogens is 112 g/mol. The van der Waals surface area contributed by atoms with Crippen LogP contribution in [0.1, 0.15) is 33.1 Å². The first-order chi connectivity index (χ1) is 4.31. The van der Waals surface area contributed by atoms with Gasteiger partial charge in [-0.2, -0.15) is 0 Å². The average molecular weight is 128 g/mol. The molecule has 0 amide bonds. The van der Waals surface area contributed by atoms with Gasteiger partial charge in [-0.25, -0.2) is 0 Å². The summed E-state index contributed by atoms with van der Waals surface area (Å²) >= 11 is 0. The molecule has 9 heavy (non-hydrogen) atoms.